The van der Waals surface area contributed by atoms with Crippen LogP contribution in [0.4, 0.5) is 5.69 Å². The van der Waals surface area contributed by atoms with Gasteiger partial charge in [-0.1, -0.05) is 18.2 Å². The second-order valence-corrected chi connectivity index (χ2v) is 2.38. The molecule has 0 radical (unpaired) electrons. The number of carbonyl (C=O) groups is 1. The van der Waals surface area contributed by atoms with Gasteiger partial charge < -0.3 is 0 Å². The van der Waals surface area contributed by atoms with E-state index in [4.69, 9.17) is 10.4 Å². The molecule has 0 bridgehead atoms. The average Bonchev–Trinajstić information content (AvgIpc) is 2.15. The molecule has 1 rings (SSSR count). The number of allylic oxidation sites excluding steroid dienone is 1. The molecule has 0 aliphatic rings. The van der Waals surface area contributed by atoms with Gasteiger partial charge in [0.25, 0.3) is 0 Å². The van der Waals surface area contributed by atoms with Crippen molar-refractivity contribution >= 4 is 18.0 Å². The molecule has 0 fully saturated rings. The Morgan fingerprint density at radius 3 is 2.23 bits per heavy atom. The summed E-state index contributed by atoms with van der Waals surface area (Å²) in [7, 11) is 0. The molecule has 0 saturated heterocycles. The van der Waals surface area contributed by atoms with Crippen LogP contribution in [0.5, 0.6) is 0 Å². The zero-order valence-corrected chi connectivity index (χ0v) is 6.79. The Morgan fingerprint density at radius 1 is 1.15 bits per heavy atom. The quantitative estimate of drug-likeness (QED) is 0.419. The Kier molecular flexibility index (Phi) is 3.19. The van der Waals surface area contributed by atoms with Gasteiger partial charge in [0.15, 0.2) is 0 Å². The molecule has 13 heavy (non-hydrogen) atoms. The van der Waals surface area contributed by atoms with Crippen molar-refractivity contribution in [2.75, 3.05) is 5.23 Å². The lowest BCUT2D eigenvalue weighted by Gasteiger charge is -2.06. The maximum absolute atomic E-state index is 9.98. The highest BCUT2D eigenvalue weighted by Gasteiger charge is 1.96. The van der Waals surface area contributed by atoms with Gasteiger partial charge >= 0.3 is 0 Å². The Bertz CT molecular complexity index is 303. The molecular formula is C9H9NO3. The second-order valence-electron chi connectivity index (χ2n) is 2.38. The van der Waals surface area contributed by atoms with Gasteiger partial charge in [-0.2, -0.15) is 0 Å². The van der Waals surface area contributed by atoms with E-state index in [2.05, 4.69) is 0 Å². The molecule has 68 valence electrons. The minimum atomic E-state index is 0.0349. The zero-order chi connectivity index (χ0) is 9.68. The highest BCUT2D eigenvalue weighted by Crippen LogP contribution is 2.12. The summed E-state index contributed by atoms with van der Waals surface area (Å²) in [5, 5.41) is 17.2. The van der Waals surface area contributed by atoms with Crippen LogP contribution < -0.4 is 5.23 Å². The Hall–Kier alpha value is -1.65. The monoisotopic (exact) mass is 179 g/mol. The van der Waals surface area contributed by atoms with E-state index in [-0.39, 0.29) is 10.9 Å². The topological polar surface area (TPSA) is 60.8 Å². The lowest BCUT2D eigenvalue weighted by molar-refractivity contribution is -0.104. The zero-order valence-electron chi connectivity index (χ0n) is 6.79. The number of hydrogen-bond acceptors (Lipinski definition) is 4. The van der Waals surface area contributed by atoms with Crippen LogP contribution in [0.1, 0.15) is 5.56 Å². The van der Waals surface area contributed by atoms with Crippen LogP contribution >= 0.6 is 0 Å². The van der Waals surface area contributed by atoms with Gasteiger partial charge in [0.05, 0.1) is 5.69 Å². The Morgan fingerprint density at radius 2 is 1.77 bits per heavy atom. The summed E-state index contributed by atoms with van der Waals surface area (Å²) in [6.45, 7) is 0. The van der Waals surface area contributed by atoms with E-state index in [0.717, 1.165) is 5.56 Å². The van der Waals surface area contributed by atoms with Gasteiger partial charge in [-0.05, 0) is 23.8 Å². The first-order valence-electron chi connectivity index (χ1n) is 3.64. The van der Waals surface area contributed by atoms with Crippen molar-refractivity contribution < 1.29 is 15.2 Å². The fourth-order valence-corrected chi connectivity index (χ4v) is 0.869. The van der Waals surface area contributed by atoms with Gasteiger partial charge in [-0.25, -0.2) is 0 Å². The van der Waals surface area contributed by atoms with Crippen molar-refractivity contribution in [3.63, 3.8) is 0 Å². The molecule has 0 aliphatic heterocycles. The van der Waals surface area contributed by atoms with Crippen molar-refractivity contribution in [2.24, 2.45) is 0 Å². The Balaban J connectivity index is 2.81. The summed E-state index contributed by atoms with van der Waals surface area (Å²) < 4.78 is 0. The fourth-order valence-electron chi connectivity index (χ4n) is 0.869. The SMILES string of the molecule is O=C/C=C/c1ccc(N(O)O)cc1. The molecule has 4 heteroatoms. The van der Waals surface area contributed by atoms with E-state index in [9.17, 15) is 4.79 Å². The maximum atomic E-state index is 9.98. The van der Waals surface area contributed by atoms with Crippen LogP contribution in [0.25, 0.3) is 6.08 Å². The first-order chi connectivity index (χ1) is 6.24. The van der Waals surface area contributed by atoms with E-state index < -0.39 is 0 Å². The van der Waals surface area contributed by atoms with Crippen LogP contribution in [-0.2, 0) is 4.79 Å². The minimum absolute atomic E-state index is 0.0349. The summed E-state index contributed by atoms with van der Waals surface area (Å²) in [5.74, 6) is 0. The Labute approximate surface area is 75.3 Å². The third-order valence-corrected chi connectivity index (χ3v) is 1.49. The third-order valence-electron chi connectivity index (χ3n) is 1.49. The van der Waals surface area contributed by atoms with E-state index in [1.54, 1.807) is 18.2 Å². The second kappa shape index (κ2) is 4.39. The van der Waals surface area contributed by atoms with E-state index in [0.29, 0.717) is 6.29 Å². The van der Waals surface area contributed by atoms with Crippen LogP contribution in [0.15, 0.2) is 30.3 Å². The number of benzene rings is 1. The minimum Gasteiger partial charge on any atom is -0.299 e. The molecule has 0 spiro atoms. The summed E-state index contributed by atoms with van der Waals surface area (Å²) in [6, 6.07) is 6.36. The molecular weight excluding hydrogens is 170 g/mol. The van der Waals surface area contributed by atoms with Gasteiger partial charge in [-0.15, -0.1) is 5.23 Å². The average molecular weight is 179 g/mol. The van der Waals surface area contributed by atoms with E-state index in [1.165, 1.54) is 18.2 Å². The molecule has 1 aromatic carbocycles. The van der Waals surface area contributed by atoms with Crippen LogP contribution in [0, 0.1) is 0 Å². The molecule has 0 amide bonds. The van der Waals surface area contributed by atoms with Crippen molar-refractivity contribution in [3.8, 4) is 0 Å². The molecule has 0 aromatic heterocycles. The number of anilines is 1. The first kappa shape index (κ1) is 9.44. The highest BCUT2D eigenvalue weighted by molar-refractivity contribution is 5.74. The fraction of sp³-hybridized carbons (Fsp3) is 0. The molecule has 0 atom stereocenters. The maximum Gasteiger partial charge on any atom is 0.142 e. The first-order valence-corrected chi connectivity index (χ1v) is 3.64. The predicted molar refractivity (Wildman–Crippen MR) is 47.6 cm³/mol. The molecule has 0 unspecified atom stereocenters. The van der Waals surface area contributed by atoms with Crippen LogP contribution in [-0.4, -0.2) is 16.7 Å². The number of aldehydes is 1. The van der Waals surface area contributed by atoms with Crippen molar-refractivity contribution in [1.82, 2.24) is 0 Å². The van der Waals surface area contributed by atoms with E-state index in [1.807, 2.05) is 0 Å². The molecule has 1 aromatic rings. The molecule has 0 saturated carbocycles. The summed E-state index contributed by atoms with van der Waals surface area (Å²) in [5.41, 5.74) is 1.08. The summed E-state index contributed by atoms with van der Waals surface area (Å²) in [6.07, 6.45) is 3.67. The molecule has 0 aliphatic carbocycles. The number of hydrogen-bond donors (Lipinski definition) is 2. The van der Waals surface area contributed by atoms with Crippen molar-refractivity contribution in [2.45, 2.75) is 0 Å². The third kappa shape index (κ3) is 2.70. The molecule has 0 heterocycles. The number of rotatable bonds is 3. The van der Waals surface area contributed by atoms with Crippen LogP contribution in [0.3, 0.4) is 0 Å². The normalized spacial score (nSPS) is 10.3. The van der Waals surface area contributed by atoms with Gasteiger partial charge in [0.2, 0.25) is 0 Å². The summed E-state index contributed by atoms with van der Waals surface area (Å²) >= 11 is 0. The van der Waals surface area contributed by atoms with Crippen LogP contribution in [0.2, 0.25) is 0 Å². The largest absolute Gasteiger partial charge is 0.299 e. The van der Waals surface area contributed by atoms with Gasteiger partial charge in [0.1, 0.15) is 6.29 Å². The smallest absolute Gasteiger partial charge is 0.142 e. The molecule has 2 N–H and O–H groups in total. The lowest BCUT2D eigenvalue weighted by atomic mass is 10.2. The summed E-state index contributed by atoms with van der Waals surface area (Å²) in [4.78, 5) is 9.98. The standard InChI is InChI=1S/C9H9NO3/c11-7-1-2-8-3-5-9(6-4-8)10(12)13/h1-7,12-13H/b2-1+. The predicted octanol–water partition coefficient (Wildman–Crippen LogP) is 1.48. The van der Waals surface area contributed by atoms with Gasteiger partial charge in [0, 0.05) is 0 Å². The highest BCUT2D eigenvalue weighted by atomic mass is 16.8. The van der Waals surface area contributed by atoms with E-state index >= 15 is 0 Å². The number of carbonyl (C=O) groups excluding carboxylic acids is 1. The number of nitrogens with zero attached hydrogens (tertiary/aromatic N) is 1. The molecule has 4 nitrogen and oxygen atoms in total. The van der Waals surface area contributed by atoms with Crippen molar-refractivity contribution in [3.05, 3.63) is 35.9 Å². The van der Waals surface area contributed by atoms with Gasteiger partial charge in [-0.3, -0.25) is 15.2 Å². The lowest BCUT2D eigenvalue weighted by Crippen LogP contribution is -2.10. The van der Waals surface area contributed by atoms with Crippen molar-refractivity contribution in [1.29, 1.82) is 0 Å².